The number of halogens is 1. The Morgan fingerprint density at radius 2 is 2.00 bits per heavy atom. The molecule has 0 aliphatic heterocycles. The van der Waals surface area contributed by atoms with E-state index < -0.39 is 0 Å². The van der Waals surface area contributed by atoms with Crippen LogP contribution < -0.4 is 5.73 Å². The van der Waals surface area contributed by atoms with Gasteiger partial charge in [0.25, 0.3) is 0 Å². The third kappa shape index (κ3) is 8.82. The number of rotatable bonds is 1. The molecule has 0 amide bonds. The maximum atomic E-state index is 5.22. The average Bonchev–Trinajstić information content (AvgIpc) is 1.38. The number of hydrogen-bond donors (Lipinski definition) is 2. The van der Waals surface area contributed by atoms with Gasteiger partial charge in [-0.05, 0) is 6.92 Å². The highest BCUT2D eigenvalue weighted by Gasteiger charge is 1.80. The molecule has 6 heavy (non-hydrogen) atoms. The standard InChI is InChI=1S/C3H9NS.ClH/c1-3(4)2-5;/h3,5H,2,4H2,1H3;1H. The lowest BCUT2D eigenvalue weighted by Gasteiger charge is -1.91. The molecule has 0 spiro atoms. The zero-order valence-electron chi connectivity index (χ0n) is 3.72. The molecular weight excluding hydrogens is 118 g/mol. The molecule has 0 bridgehead atoms. The van der Waals surface area contributed by atoms with Crippen LogP contribution in [0.2, 0.25) is 0 Å². The van der Waals surface area contributed by atoms with Gasteiger partial charge in [0.05, 0.1) is 0 Å². The summed E-state index contributed by atoms with van der Waals surface area (Å²) >= 11 is 3.89. The molecule has 0 aromatic rings. The number of hydrogen-bond acceptors (Lipinski definition) is 2. The molecule has 2 N–H and O–H groups in total. The van der Waals surface area contributed by atoms with Crippen LogP contribution in [0.15, 0.2) is 0 Å². The van der Waals surface area contributed by atoms with Crippen molar-refractivity contribution in [3.63, 3.8) is 0 Å². The smallest absolute Gasteiger partial charge is 0.00989 e. The Balaban J connectivity index is 0. The van der Waals surface area contributed by atoms with E-state index in [1.54, 1.807) is 0 Å². The molecule has 0 aliphatic rings. The Morgan fingerprint density at radius 3 is 2.00 bits per heavy atom. The van der Waals surface area contributed by atoms with Gasteiger partial charge >= 0.3 is 0 Å². The fourth-order valence-corrected chi connectivity index (χ4v) is 0. The van der Waals surface area contributed by atoms with E-state index in [0.717, 1.165) is 5.75 Å². The predicted molar refractivity (Wildman–Crippen MR) is 34.8 cm³/mol. The summed E-state index contributed by atoms with van der Waals surface area (Å²) in [5, 5.41) is 0. The molecule has 0 aromatic carbocycles. The van der Waals surface area contributed by atoms with Crippen LogP contribution in [0.3, 0.4) is 0 Å². The first-order chi connectivity index (χ1) is 2.27. The zero-order chi connectivity index (χ0) is 4.28. The van der Waals surface area contributed by atoms with E-state index in [9.17, 15) is 0 Å². The summed E-state index contributed by atoms with van der Waals surface area (Å²) in [7, 11) is 0. The van der Waals surface area contributed by atoms with Crippen LogP contribution in [0.25, 0.3) is 0 Å². The van der Waals surface area contributed by atoms with Gasteiger partial charge in [-0.25, -0.2) is 0 Å². The SMILES string of the molecule is CC(N)CS.Cl. The maximum Gasteiger partial charge on any atom is 0.00989 e. The molecule has 0 radical (unpaired) electrons. The summed E-state index contributed by atoms with van der Waals surface area (Å²) in [6.45, 7) is 1.92. The molecular formula is C3H10ClNS. The van der Waals surface area contributed by atoms with Crippen molar-refractivity contribution in [2.45, 2.75) is 13.0 Å². The Hall–Kier alpha value is 0.600. The van der Waals surface area contributed by atoms with Gasteiger partial charge in [0.2, 0.25) is 0 Å². The first kappa shape index (κ1) is 9.78. The van der Waals surface area contributed by atoms with Gasteiger partial charge in [-0.2, -0.15) is 12.6 Å². The van der Waals surface area contributed by atoms with E-state index in [1.807, 2.05) is 6.92 Å². The van der Waals surface area contributed by atoms with Crippen LogP contribution in [0.4, 0.5) is 0 Å². The van der Waals surface area contributed by atoms with Gasteiger partial charge in [0.1, 0.15) is 0 Å². The Labute approximate surface area is 50.1 Å². The van der Waals surface area contributed by atoms with Crippen molar-refractivity contribution < 1.29 is 0 Å². The van der Waals surface area contributed by atoms with E-state index in [2.05, 4.69) is 12.6 Å². The second-order valence-electron chi connectivity index (χ2n) is 1.16. The number of nitrogens with two attached hydrogens (primary N) is 1. The molecule has 1 atom stereocenters. The van der Waals surface area contributed by atoms with Crippen LogP contribution in [-0.4, -0.2) is 11.8 Å². The van der Waals surface area contributed by atoms with E-state index in [0.29, 0.717) is 0 Å². The second-order valence-corrected chi connectivity index (χ2v) is 1.53. The third-order valence-corrected chi connectivity index (χ3v) is 0.864. The molecule has 0 saturated carbocycles. The van der Waals surface area contributed by atoms with Crippen molar-refractivity contribution in [3.8, 4) is 0 Å². The molecule has 3 heteroatoms. The first-order valence-corrected chi connectivity index (χ1v) is 2.27. The van der Waals surface area contributed by atoms with E-state index >= 15 is 0 Å². The summed E-state index contributed by atoms with van der Waals surface area (Å²) in [6, 6.07) is 0.248. The lowest BCUT2D eigenvalue weighted by molar-refractivity contribution is 0.850. The third-order valence-electron chi connectivity index (χ3n) is 0.288. The van der Waals surface area contributed by atoms with Crippen molar-refractivity contribution in [1.29, 1.82) is 0 Å². The minimum atomic E-state index is 0. The quantitative estimate of drug-likeness (QED) is 0.498. The summed E-state index contributed by atoms with van der Waals surface area (Å²) in [5.74, 6) is 0.778. The van der Waals surface area contributed by atoms with Gasteiger partial charge in [-0.1, -0.05) is 0 Å². The molecule has 0 saturated heterocycles. The Kier molecular flexibility index (Phi) is 9.13. The molecule has 1 unspecified atom stereocenters. The second kappa shape index (κ2) is 5.60. The van der Waals surface area contributed by atoms with Crippen LogP contribution in [0, 0.1) is 0 Å². The minimum absolute atomic E-state index is 0. The average molecular weight is 128 g/mol. The molecule has 40 valence electrons. The van der Waals surface area contributed by atoms with E-state index in [-0.39, 0.29) is 18.4 Å². The van der Waals surface area contributed by atoms with Crippen LogP contribution in [0.5, 0.6) is 0 Å². The maximum absolute atomic E-state index is 5.22. The lowest BCUT2D eigenvalue weighted by atomic mass is 10.4. The summed E-state index contributed by atoms with van der Waals surface area (Å²) in [5.41, 5.74) is 5.22. The monoisotopic (exact) mass is 127 g/mol. The van der Waals surface area contributed by atoms with Crippen molar-refractivity contribution >= 4 is 25.0 Å². The highest BCUT2D eigenvalue weighted by molar-refractivity contribution is 7.80. The fourth-order valence-electron chi connectivity index (χ4n) is 0. The summed E-state index contributed by atoms with van der Waals surface area (Å²) in [6.07, 6.45) is 0. The predicted octanol–water partition coefficient (Wildman–Crippen LogP) is 0.685. The molecule has 0 heterocycles. The van der Waals surface area contributed by atoms with Crippen LogP contribution >= 0.6 is 25.0 Å². The van der Waals surface area contributed by atoms with Gasteiger partial charge in [-0.15, -0.1) is 12.4 Å². The Bertz CT molecular complexity index is 24.8. The molecule has 0 fully saturated rings. The highest BCUT2D eigenvalue weighted by Crippen LogP contribution is 1.75. The largest absolute Gasteiger partial charge is 0.327 e. The van der Waals surface area contributed by atoms with Crippen molar-refractivity contribution in [2.24, 2.45) is 5.73 Å². The topological polar surface area (TPSA) is 26.0 Å². The van der Waals surface area contributed by atoms with E-state index in [1.165, 1.54) is 0 Å². The van der Waals surface area contributed by atoms with Gasteiger partial charge < -0.3 is 5.73 Å². The first-order valence-electron chi connectivity index (χ1n) is 1.64. The van der Waals surface area contributed by atoms with Crippen molar-refractivity contribution in [2.75, 3.05) is 5.75 Å². The fraction of sp³-hybridized carbons (Fsp3) is 1.00. The zero-order valence-corrected chi connectivity index (χ0v) is 5.43. The van der Waals surface area contributed by atoms with Gasteiger partial charge in [0, 0.05) is 11.8 Å². The Morgan fingerprint density at radius 1 is 1.83 bits per heavy atom. The van der Waals surface area contributed by atoms with Gasteiger partial charge in [-0.3, -0.25) is 0 Å². The molecule has 0 aromatic heterocycles. The van der Waals surface area contributed by atoms with Crippen molar-refractivity contribution in [3.05, 3.63) is 0 Å². The summed E-state index contributed by atoms with van der Waals surface area (Å²) < 4.78 is 0. The lowest BCUT2D eigenvalue weighted by Crippen LogP contribution is -2.15. The molecule has 1 nitrogen and oxygen atoms in total. The highest BCUT2D eigenvalue weighted by atomic mass is 35.5. The van der Waals surface area contributed by atoms with Crippen LogP contribution in [0.1, 0.15) is 6.92 Å². The number of thiol groups is 1. The molecule has 0 rings (SSSR count). The normalized spacial score (nSPS) is 12.5. The van der Waals surface area contributed by atoms with Crippen LogP contribution in [-0.2, 0) is 0 Å². The van der Waals surface area contributed by atoms with E-state index in [4.69, 9.17) is 5.73 Å². The molecule has 0 aliphatic carbocycles. The summed E-state index contributed by atoms with van der Waals surface area (Å²) in [4.78, 5) is 0. The van der Waals surface area contributed by atoms with Crippen molar-refractivity contribution in [1.82, 2.24) is 0 Å². The minimum Gasteiger partial charge on any atom is -0.327 e. The van der Waals surface area contributed by atoms with Gasteiger partial charge in [0.15, 0.2) is 0 Å².